The van der Waals surface area contributed by atoms with Gasteiger partial charge in [-0.3, -0.25) is 4.79 Å². The Morgan fingerprint density at radius 3 is 2.25 bits per heavy atom. The maximum Gasteiger partial charge on any atom is 0.220 e. The van der Waals surface area contributed by atoms with Crippen molar-refractivity contribution in [1.29, 1.82) is 0 Å². The lowest BCUT2D eigenvalue weighted by atomic mass is 10.2. The number of nitrogens with one attached hydrogen (secondary N) is 1. The Labute approximate surface area is 188 Å². The van der Waals surface area contributed by atoms with Crippen LogP contribution in [0.25, 0.3) is 0 Å². The van der Waals surface area contributed by atoms with Crippen LogP contribution in [0.15, 0.2) is 66.9 Å². The van der Waals surface area contributed by atoms with E-state index in [1.807, 2.05) is 67.6 Å². The quantitative estimate of drug-likeness (QED) is 0.413. The first-order chi connectivity index (χ1) is 15.7. The molecule has 2 aromatic carbocycles. The molecule has 1 aromatic heterocycles. The van der Waals surface area contributed by atoms with E-state index in [1.54, 1.807) is 13.3 Å². The minimum Gasteiger partial charge on any atom is -0.497 e. The van der Waals surface area contributed by atoms with Gasteiger partial charge in [0.2, 0.25) is 11.8 Å². The molecule has 0 saturated heterocycles. The topological polar surface area (TPSA) is 78.9 Å². The van der Waals surface area contributed by atoms with E-state index in [0.717, 1.165) is 22.8 Å². The number of nitrogens with zero attached hydrogens (tertiary/aromatic N) is 1. The first-order valence-corrected chi connectivity index (χ1v) is 10.6. The number of carbonyl (C=O) groups is 1. The van der Waals surface area contributed by atoms with Crippen LogP contribution in [-0.4, -0.2) is 31.2 Å². The Balaban J connectivity index is 1.38. The van der Waals surface area contributed by atoms with Crippen LogP contribution in [0, 0.1) is 0 Å². The third kappa shape index (κ3) is 7.50. The van der Waals surface area contributed by atoms with Gasteiger partial charge in [0.1, 0.15) is 23.0 Å². The molecule has 0 aliphatic rings. The highest BCUT2D eigenvalue weighted by Gasteiger charge is 2.05. The zero-order valence-electron chi connectivity index (χ0n) is 18.4. The van der Waals surface area contributed by atoms with Crippen molar-refractivity contribution in [3.05, 3.63) is 72.4 Å². The van der Waals surface area contributed by atoms with Crippen molar-refractivity contribution >= 4 is 5.91 Å². The van der Waals surface area contributed by atoms with Crippen LogP contribution in [-0.2, 0) is 11.3 Å². The minimum atomic E-state index is -0.0332. The molecule has 3 rings (SSSR count). The van der Waals surface area contributed by atoms with Gasteiger partial charge >= 0.3 is 0 Å². The van der Waals surface area contributed by atoms with Crippen LogP contribution in [0.5, 0.6) is 28.9 Å². The van der Waals surface area contributed by atoms with Crippen molar-refractivity contribution in [2.45, 2.75) is 26.3 Å². The number of ether oxygens (including phenoxy) is 4. The molecule has 1 N–H and O–H groups in total. The molecular formula is C25H28N2O5. The number of carbonyl (C=O) groups excluding carboxylic acids is 1. The molecular weight excluding hydrogens is 408 g/mol. The SMILES string of the molecule is CCOc1ccc(Oc2cc(CNC(=O)CCCOc3ccc(OC)cc3)ccn2)cc1. The summed E-state index contributed by atoms with van der Waals surface area (Å²) < 4.78 is 22.0. The van der Waals surface area contributed by atoms with Crippen LogP contribution >= 0.6 is 0 Å². The number of pyridine rings is 1. The number of methoxy groups -OCH3 is 1. The molecule has 0 fully saturated rings. The van der Waals surface area contributed by atoms with E-state index in [2.05, 4.69) is 10.3 Å². The number of aromatic nitrogens is 1. The van der Waals surface area contributed by atoms with Gasteiger partial charge in [0.05, 0.1) is 20.3 Å². The second kappa shape index (κ2) is 12.2. The smallest absolute Gasteiger partial charge is 0.220 e. The normalized spacial score (nSPS) is 10.3. The molecule has 32 heavy (non-hydrogen) atoms. The van der Waals surface area contributed by atoms with Gasteiger partial charge in [0.15, 0.2) is 0 Å². The van der Waals surface area contributed by atoms with E-state index in [4.69, 9.17) is 18.9 Å². The summed E-state index contributed by atoms with van der Waals surface area (Å²) >= 11 is 0. The summed E-state index contributed by atoms with van der Waals surface area (Å²) in [5, 5.41) is 2.91. The third-order valence-electron chi connectivity index (χ3n) is 4.52. The predicted molar refractivity (Wildman–Crippen MR) is 121 cm³/mol. The lowest BCUT2D eigenvalue weighted by molar-refractivity contribution is -0.121. The first-order valence-electron chi connectivity index (χ1n) is 10.6. The Hall–Kier alpha value is -3.74. The summed E-state index contributed by atoms with van der Waals surface area (Å²) in [6.07, 6.45) is 2.67. The van der Waals surface area contributed by atoms with Crippen molar-refractivity contribution in [1.82, 2.24) is 10.3 Å². The largest absolute Gasteiger partial charge is 0.497 e. The van der Waals surface area contributed by atoms with Crippen molar-refractivity contribution < 1.29 is 23.7 Å². The third-order valence-corrected chi connectivity index (χ3v) is 4.52. The summed E-state index contributed by atoms with van der Waals surface area (Å²) in [5.74, 6) is 3.42. The molecule has 168 valence electrons. The molecule has 0 aliphatic carbocycles. The fraction of sp³-hybridized carbons (Fsp3) is 0.280. The highest BCUT2D eigenvalue weighted by Crippen LogP contribution is 2.23. The van der Waals surface area contributed by atoms with E-state index in [9.17, 15) is 4.79 Å². The summed E-state index contributed by atoms with van der Waals surface area (Å²) in [6.45, 7) is 3.43. The van der Waals surface area contributed by atoms with Gasteiger partial charge in [0.25, 0.3) is 0 Å². The summed E-state index contributed by atoms with van der Waals surface area (Å²) in [7, 11) is 1.62. The molecule has 1 heterocycles. The van der Waals surface area contributed by atoms with Crippen LogP contribution in [0.3, 0.4) is 0 Å². The molecule has 0 aliphatic heterocycles. The van der Waals surface area contributed by atoms with Gasteiger partial charge in [-0.25, -0.2) is 4.98 Å². The van der Waals surface area contributed by atoms with E-state index < -0.39 is 0 Å². The maximum absolute atomic E-state index is 12.1. The fourth-order valence-electron chi connectivity index (χ4n) is 2.89. The van der Waals surface area contributed by atoms with Gasteiger partial charge in [-0.1, -0.05) is 0 Å². The Morgan fingerprint density at radius 2 is 1.56 bits per heavy atom. The Morgan fingerprint density at radius 1 is 0.906 bits per heavy atom. The zero-order valence-corrected chi connectivity index (χ0v) is 18.4. The zero-order chi connectivity index (χ0) is 22.6. The molecule has 0 spiro atoms. The van der Waals surface area contributed by atoms with Crippen molar-refractivity contribution in [2.24, 2.45) is 0 Å². The second-order valence-corrected chi connectivity index (χ2v) is 6.91. The number of benzene rings is 2. The molecule has 0 bridgehead atoms. The van der Waals surface area contributed by atoms with E-state index >= 15 is 0 Å². The molecule has 0 atom stereocenters. The Kier molecular flexibility index (Phi) is 8.74. The highest BCUT2D eigenvalue weighted by atomic mass is 16.5. The molecule has 7 heteroatoms. The predicted octanol–water partition coefficient (Wildman–Crippen LogP) is 4.76. The minimum absolute atomic E-state index is 0.0332. The van der Waals surface area contributed by atoms with E-state index in [1.165, 1.54) is 0 Å². The Bertz CT molecular complexity index is 974. The van der Waals surface area contributed by atoms with Gasteiger partial charge in [-0.05, 0) is 73.5 Å². The average molecular weight is 437 g/mol. The average Bonchev–Trinajstić information content (AvgIpc) is 2.82. The van der Waals surface area contributed by atoms with Crippen LogP contribution in [0.4, 0.5) is 0 Å². The second-order valence-electron chi connectivity index (χ2n) is 6.91. The van der Waals surface area contributed by atoms with E-state index in [-0.39, 0.29) is 5.91 Å². The molecule has 0 radical (unpaired) electrons. The lowest BCUT2D eigenvalue weighted by Crippen LogP contribution is -2.23. The summed E-state index contributed by atoms with van der Waals surface area (Å²) in [4.78, 5) is 16.4. The molecule has 7 nitrogen and oxygen atoms in total. The monoisotopic (exact) mass is 436 g/mol. The number of hydrogen-bond donors (Lipinski definition) is 1. The maximum atomic E-state index is 12.1. The summed E-state index contributed by atoms with van der Waals surface area (Å²) in [5.41, 5.74) is 0.906. The van der Waals surface area contributed by atoms with Gasteiger partial charge in [-0.15, -0.1) is 0 Å². The number of rotatable bonds is 12. The molecule has 1 amide bonds. The fourth-order valence-corrected chi connectivity index (χ4v) is 2.89. The van der Waals surface area contributed by atoms with Gasteiger partial charge in [0, 0.05) is 25.2 Å². The highest BCUT2D eigenvalue weighted by molar-refractivity contribution is 5.75. The van der Waals surface area contributed by atoms with Gasteiger partial charge in [-0.2, -0.15) is 0 Å². The first kappa shape index (κ1) is 22.9. The molecule has 3 aromatic rings. The van der Waals surface area contributed by atoms with Crippen molar-refractivity contribution in [2.75, 3.05) is 20.3 Å². The number of hydrogen-bond acceptors (Lipinski definition) is 6. The lowest BCUT2D eigenvalue weighted by Gasteiger charge is -2.09. The standard InChI is InChI=1S/C25H28N2O5/c1-3-30-21-10-12-23(13-11-21)32-25-17-19(14-15-26-25)18-27-24(28)5-4-16-31-22-8-6-20(29-2)7-9-22/h6-15,17H,3-5,16,18H2,1-2H3,(H,27,28). The van der Waals surface area contributed by atoms with Gasteiger partial charge < -0.3 is 24.3 Å². The van der Waals surface area contributed by atoms with Crippen LogP contribution in [0.2, 0.25) is 0 Å². The van der Waals surface area contributed by atoms with Crippen LogP contribution < -0.4 is 24.3 Å². The summed E-state index contributed by atoms with van der Waals surface area (Å²) in [6, 6.07) is 18.4. The van der Waals surface area contributed by atoms with Crippen molar-refractivity contribution in [3.8, 4) is 28.9 Å². The van der Waals surface area contributed by atoms with Crippen LogP contribution in [0.1, 0.15) is 25.3 Å². The van der Waals surface area contributed by atoms with Crippen molar-refractivity contribution in [3.63, 3.8) is 0 Å². The number of amides is 1. The van der Waals surface area contributed by atoms with E-state index in [0.29, 0.717) is 44.2 Å². The molecule has 0 saturated carbocycles. The molecule has 0 unspecified atom stereocenters.